The summed E-state index contributed by atoms with van der Waals surface area (Å²) in [5, 5.41) is 71.6. The van der Waals surface area contributed by atoms with Gasteiger partial charge >= 0.3 is 11.9 Å². The van der Waals surface area contributed by atoms with E-state index in [1.54, 1.807) is 65.0 Å². The Bertz CT molecular complexity index is 2110. The first kappa shape index (κ1) is 66.2. The third-order valence-electron chi connectivity index (χ3n) is 11.7. The van der Waals surface area contributed by atoms with E-state index >= 15 is 0 Å². The average Bonchev–Trinajstić information content (AvgIpc) is 3.32. The van der Waals surface area contributed by atoms with Gasteiger partial charge in [-0.25, -0.2) is 4.79 Å². The zero-order chi connectivity index (χ0) is 57.4. The van der Waals surface area contributed by atoms with Gasteiger partial charge in [-0.05, 0) is 62.3 Å². The van der Waals surface area contributed by atoms with Crippen LogP contribution in [0.2, 0.25) is 0 Å². The lowest BCUT2D eigenvalue weighted by Gasteiger charge is -2.30. The molecule has 0 aliphatic rings. The Morgan fingerprint density at radius 2 is 0.947 bits per heavy atom. The highest BCUT2D eigenvalue weighted by atomic mass is 16.4. The van der Waals surface area contributed by atoms with Gasteiger partial charge in [-0.15, -0.1) is 0 Å². The van der Waals surface area contributed by atoms with Gasteiger partial charge in [-0.1, -0.05) is 92.1 Å². The molecule has 0 aromatic heterocycles. The van der Waals surface area contributed by atoms with Gasteiger partial charge in [-0.2, -0.15) is 0 Å². The normalized spacial score (nSPS) is 16.1. The van der Waals surface area contributed by atoms with Crippen LogP contribution in [0, 0.1) is 23.7 Å². The Kier molecular flexibility index (Phi) is 28.7. The number of aliphatic hydroxyl groups excluding tert-OH is 3. The minimum absolute atomic E-state index is 0.107. The molecule has 1 aromatic rings. The standard InChI is InChI=1S/C49H80N10O16/c1-11-26(8)38(46(71)54-33(20-36(64)65)42(67)51-21-35(63)56-37(25(6)7)49(74)75)57-48(73)40(28(10)62)58-44(69)32(18-24(4)5)53-47(72)39(27(9)61)59-45(70)34(22-60)55-43(68)31(17-23(2)3)52-41(66)30(50)19-29-15-13-12-14-16-29/h12-16,23-28,30-34,37-40,60-62H,11,17-22,50H2,1-10H3,(H,51,67)(H,52,66)(H,53,72)(H,54,71)(H,55,68)(H,56,63)(H,57,73)(H,58,69)(H,59,70)(H,64,65)(H,74,75)/t26-,27+,28+,30-,31-,32-,33-,34-,37-,38-,39-,40-/m0/s1. The molecule has 9 amide bonds. The Morgan fingerprint density at radius 3 is 1.39 bits per heavy atom. The second kappa shape index (κ2) is 32.5. The second-order valence-electron chi connectivity index (χ2n) is 19.8. The van der Waals surface area contributed by atoms with E-state index in [0.717, 1.165) is 19.4 Å². The predicted molar refractivity (Wildman–Crippen MR) is 270 cm³/mol. The van der Waals surface area contributed by atoms with Crippen molar-refractivity contribution in [1.82, 2.24) is 47.9 Å². The van der Waals surface area contributed by atoms with Crippen LogP contribution in [0.5, 0.6) is 0 Å². The molecule has 0 aliphatic carbocycles. The molecule has 1 aromatic carbocycles. The molecule has 422 valence electrons. The topological polar surface area (TPSA) is 423 Å². The number of aliphatic carboxylic acids is 2. The molecule has 1 rings (SSSR count). The van der Waals surface area contributed by atoms with Gasteiger partial charge in [0.15, 0.2) is 0 Å². The first-order valence-electron chi connectivity index (χ1n) is 24.8. The lowest BCUT2D eigenvalue weighted by molar-refractivity contribution is -0.143. The molecule has 16 N–H and O–H groups in total. The van der Waals surface area contributed by atoms with Crippen LogP contribution < -0.4 is 53.6 Å². The Hall–Kier alpha value is -6.77. The van der Waals surface area contributed by atoms with E-state index in [0.29, 0.717) is 0 Å². The van der Waals surface area contributed by atoms with Crippen molar-refractivity contribution in [3.63, 3.8) is 0 Å². The highest BCUT2D eigenvalue weighted by molar-refractivity contribution is 5.99. The molecular formula is C49H80N10O16. The average molecular weight is 1070 g/mol. The van der Waals surface area contributed by atoms with Gasteiger partial charge < -0.3 is 79.1 Å². The smallest absolute Gasteiger partial charge is 0.326 e. The molecule has 26 nitrogen and oxygen atoms in total. The third-order valence-corrected chi connectivity index (χ3v) is 11.7. The van der Waals surface area contributed by atoms with Crippen molar-refractivity contribution in [3.8, 4) is 0 Å². The maximum absolute atomic E-state index is 13.9. The lowest BCUT2D eigenvalue weighted by atomic mass is 9.96. The van der Waals surface area contributed by atoms with Gasteiger partial charge in [0.25, 0.3) is 0 Å². The van der Waals surface area contributed by atoms with Crippen molar-refractivity contribution >= 4 is 65.1 Å². The van der Waals surface area contributed by atoms with E-state index in [-0.39, 0.29) is 37.5 Å². The molecule has 12 atom stereocenters. The largest absolute Gasteiger partial charge is 0.481 e. The summed E-state index contributed by atoms with van der Waals surface area (Å²) in [5.74, 6) is -13.6. The number of nitrogens with two attached hydrogens (primary N) is 1. The Balaban J connectivity index is 3.26. The molecule has 0 fully saturated rings. The molecule has 0 saturated heterocycles. The van der Waals surface area contributed by atoms with Gasteiger partial charge in [-0.3, -0.25) is 47.9 Å². The Labute approximate surface area is 436 Å². The van der Waals surface area contributed by atoms with E-state index in [2.05, 4.69) is 47.9 Å². The number of hydrogen-bond donors (Lipinski definition) is 15. The number of carbonyl (C=O) groups excluding carboxylic acids is 9. The fourth-order valence-electron chi connectivity index (χ4n) is 7.31. The number of benzene rings is 1. The van der Waals surface area contributed by atoms with E-state index in [1.165, 1.54) is 20.8 Å². The number of nitrogens with one attached hydrogen (secondary N) is 9. The van der Waals surface area contributed by atoms with Crippen LogP contribution in [-0.2, 0) is 59.2 Å². The summed E-state index contributed by atoms with van der Waals surface area (Å²) >= 11 is 0. The molecule has 26 heteroatoms. The van der Waals surface area contributed by atoms with Crippen molar-refractivity contribution in [2.75, 3.05) is 13.2 Å². The lowest BCUT2D eigenvalue weighted by Crippen LogP contribution is -2.63. The molecule has 0 unspecified atom stereocenters. The van der Waals surface area contributed by atoms with Gasteiger partial charge in [0.05, 0.1) is 37.8 Å². The molecular weight excluding hydrogens is 985 g/mol. The molecule has 75 heavy (non-hydrogen) atoms. The van der Waals surface area contributed by atoms with Gasteiger partial charge in [0, 0.05) is 0 Å². The quantitative estimate of drug-likeness (QED) is 0.0327. The molecule has 0 saturated carbocycles. The monoisotopic (exact) mass is 1060 g/mol. The van der Waals surface area contributed by atoms with Crippen molar-refractivity contribution in [2.45, 2.75) is 168 Å². The summed E-state index contributed by atoms with van der Waals surface area (Å²) in [4.78, 5) is 144. The highest BCUT2D eigenvalue weighted by Crippen LogP contribution is 2.13. The number of carbonyl (C=O) groups is 11. The summed E-state index contributed by atoms with van der Waals surface area (Å²) in [6.45, 7) is 13.7. The van der Waals surface area contributed by atoms with E-state index in [9.17, 15) is 78.3 Å². The number of carboxylic acid groups (broad SMARTS) is 2. The number of amides is 9. The molecule has 0 aliphatic heterocycles. The fourth-order valence-corrected chi connectivity index (χ4v) is 7.31. The van der Waals surface area contributed by atoms with E-state index in [1.807, 2.05) is 0 Å². The number of hydrogen-bond acceptors (Lipinski definition) is 15. The summed E-state index contributed by atoms with van der Waals surface area (Å²) < 4.78 is 0. The molecule has 0 spiro atoms. The minimum Gasteiger partial charge on any atom is -0.481 e. The minimum atomic E-state index is -1.81. The zero-order valence-electron chi connectivity index (χ0n) is 44.3. The summed E-state index contributed by atoms with van der Waals surface area (Å²) in [6, 6.07) is -4.77. The van der Waals surface area contributed by atoms with Crippen molar-refractivity contribution in [1.29, 1.82) is 0 Å². The highest BCUT2D eigenvalue weighted by Gasteiger charge is 2.38. The first-order chi connectivity index (χ1) is 34.9. The van der Waals surface area contributed by atoms with Crippen LogP contribution in [0.25, 0.3) is 0 Å². The molecule has 0 heterocycles. The second-order valence-corrected chi connectivity index (χ2v) is 19.8. The number of aliphatic hydroxyl groups is 3. The van der Waals surface area contributed by atoms with E-state index in [4.69, 9.17) is 5.73 Å². The van der Waals surface area contributed by atoms with Crippen molar-refractivity contribution in [2.24, 2.45) is 29.4 Å². The van der Waals surface area contributed by atoms with E-state index < -0.39 is 163 Å². The fraction of sp³-hybridized carbons (Fsp3) is 0.653. The van der Waals surface area contributed by atoms with Gasteiger partial charge in [0.1, 0.15) is 48.3 Å². The zero-order valence-corrected chi connectivity index (χ0v) is 44.3. The predicted octanol–water partition coefficient (Wildman–Crippen LogP) is -3.34. The molecule has 0 radical (unpaired) electrons. The number of carboxylic acids is 2. The summed E-state index contributed by atoms with van der Waals surface area (Å²) in [6.07, 6.45) is -3.90. The van der Waals surface area contributed by atoms with Crippen molar-refractivity contribution in [3.05, 3.63) is 35.9 Å². The van der Waals surface area contributed by atoms with Crippen LogP contribution in [0.15, 0.2) is 30.3 Å². The van der Waals surface area contributed by atoms with Crippen LogP contribution in [-0.4, -0.2) is 170 Å². The van der Waals surface area contributed by atoms with Crippen LogP contribution in [0.4, 0.5) is 0 Å². The summed E-state index contributed by atoms with van der Waals surface area (Å²) in [7, 11) is 0. The third kappa shape index (κ3) is 23.5. The maximum atomic E-state index is 13.9. The van der Waals surface area contributed by atoms with Crippen LogP contribution in [0.3, 0.4) is 0 Å². The van der Waals surface area contributed by atoms with Crippen LogP contribution >= 0.6 is 0 Å². The number of rotatable bonds is 33. The van der Waals surface area contributed by atoms with Gasteiger partial charge in [0.2, 0.25) is 53.2 Å². The summed E-state index contributed by atoms with van der Waals surface area (Å²) in [5.41, 5.74) is 6.91. The SMILES string of the molecule is CC[C@H](C)[C@H](NC(=O)[C@@H](NC(=O)[C@H](CC(C)C)NC(=O)[C@@H](NC(=O)[C@H](CO)NC(=O)[C@H](CC(C)C)NC(=O)[C@@H](N)Cc1ccccc1)[C@@H](C)O)[C@@H](C)O)C(=O)N[C@@H](CC(=O)O)C(=O)NCC(=O)N[C@H](C(=O)O)C(C)C. The first-order valence-corrected chi connectivity index (χ1v) is 24.8. The van der Waals surface area contributed by atoms with Crippen LogP contribution in [0.1, 0.15) is 100 Å². The maximum Gasteiger partial charge on any atom is 0.326 e. The molecule has 0 bridgehead atoms. The Morgan fingerprint density at radius 1 is 0.520 bits per heavy atom. The van der Waals surface area contributed by atoms with Crippen molar-refractivity contribution < 1.29 is 78.3 Å².